The summed E-state index contributed by atoms with van der Waals surface area (Å²) in [6.07, 6.45) is 7.05. The first-order valence-corrected chi connectivity index (χ1v) is 8.56. The smallest absolute Gasteiger partial charge is 0.223 e. The zero-order valence-electron chi connectivity index (χ0n) is 15.1. The van der Waals surface area contributed by atoms with E-state index in [1.165, 1.54) is 0 Å². The quantitative estimate of drug-likeness (QED) is 0.588. The summed E-state index contributed by atoms with van der Waals surface area (Å²) in [5.74, 6) is 1.49. The Morgan fingerprint density at radius 2 is 2.15 bits per heavy atom. The third-order valence-electron chi connectivity index (χ3n) is 4.44. The van der Waals surface area contributed by atoms with E-state index >= 15 is 0 Å². The number of benzene rings is 1. The molecule has 7 heteroatoms. The highest BCUT2D eigenvalue weighted by atomic mass is 16.3. The average Bonchev–Trinajstić information content (AvgIpc) is 3.35. The van der Waals surface area contributed by atoms with Crippen molar-refractivity contribution >= 4 is 23.1 Å². The highest BCUT2D eigenvalue weighted by molar-refractivity contribution is 5.91. The molecule has 0 fully saturated rings. The number of carbonyl (C=O) groups excluding carboxylic acids is 1. The second-order valence-electron chi connectivity index (χ2n) is 6.17. The minimum absolute atomic E-state index is 0.0149. The SMILES string of the molecule is CC(=O)N(C)c1cccc(-c2cnc3c(NCc4ccco4)nccn23)c1. The zero-order chi connectivity index (χ0) is 18.8. The standard InChI is InChI=1S/C20H19N5O2/c1-14(26)24(2)16-6-3-5-15(11-16)18-13-23-20-19(21-8-9-25(18)20)22-12-17-7-4-10-27-17/h3-11,13H,12H2,1-2H3,(H,21,22). The first-order valence-electron chi connectivity index (χ1n) is 8.56. The van der Waals surface area contributed by atoms with Crippen LogP contribution in [0.15, 0.2) is 65.7 Å². The summed E-state index contributed by atoms with van der Waals surface area (Å²) in [6, 6.07) is 11.6. The molecular weight excluding hydrogens is 342 g/mol. The molecule has 0 spiro atoms. The topological polar surface area (TPSA) is 75.7 Å². The molecule has 0 aliphatic carbocycles. The van der Waals surface area contributed by atoms with Gasteiger partial charge in [0.25, 0.3) is 0 Å². The summed E-state index contributed by atoms with van der Waals surface area (Å²) in [7, 11) is 1.76. The second-order valence-corrected chi connectivity index (χ2v) is 6.17. The normalized spacial score (nSPS) is 10.9. The number of hydrogen-bond donors (Lipinski definition) is 1. The van der Waals surface area contributed by atoms with Crippen LogP contribution in [-0.2, 0) is 11.3 Å². The van der Waals surface area contributed by atoms with Crippen LogP contribution >= 0.6 is 0 Å². The Labute approximate surface area is 156 Å². The Hall–Kier alpha value is -3.61. The van der Waals surface area contributed by atoms with Crippen LogP contribution in [0.5, 0.6) is 0 Å². The van der Waals surface area contributed by atoms with E-state index in [0.29, 0.717) is 12.4 Å². The molecular formula is C20H19N5O2. The van der Waals surface area contributed by atoms with Gasteiger partial charge in [0.1, 0.15) is 5.76 Å². The van der Waals surface area contributed by atoms with E-state index in [9.17, 15) is 4.79 Å². The Morgan fingerprint density at radius 3 is 2.93 bits per heavy atom. The molecule has 1 amide bonds. The third-order valence-corrected chi connectivity index (χ3v) is 4.44. The molecule has 0 aliphatic rings. The van der Waals surface area contributed by atoms with Crippen molar-refractivity contribution in [3.05, 3.63) is 67.0 Å². The summed E-state index contributed by atoms with van der Waals surface area (Å²) in [4.78, 5) is 22.2. The number of nitrogens with one attached hydrogen (secondary N) is 1. The zero-order valence-corrected chi connectivity index (χ0v) is 15.1. The van der Waals surface area contributed by atoms with Gasteiger partial charge in [-0.15, -0.1) is 0 Å². The lowest BCUT2D eigenvalue weighted by Gasteiger charge is -2.15. The molecule has 3 aromatic heterocycles. The molecule has 0 radical (unpaired) electrons. The van der Waals surface area contributed by atoms with Crippen LogP contribution < -0.4 is 10.2 Å². The fraction of sp³-hybridized carbons (Fsp3) is 0.150. The minimum Gasteiger partial charge on any atom is -0.467 e. The molecule has 1 aromatic carbocycles. The van der Waals surface area contributed by atoms with Crippen molar-refractivity contribution < 1.29 is 9.21 Å². The number of carbonyl (C=O) groups is 1. The van der Waals surface area contributed by atoms with Crippen molar-refractivity contribution in [1.82, 2.24) is 14.4 Å². The molecule has 136 valence electrons. The van der Waals surface area contributed by atoms with Crippen LogP contribution in [0.1, 0.15) is 12.7 Å². The highest BCUT2D eigenvalue weighted by Gasteiger charge is 2.12. The van der Waals surface area contributed by atoms with E-state index in [4.69, 9.17) is 4.42 Å². The maximum atomic E-state index is 11.7. The van der Waals surface area contributed by atoms with Crippen LogP contribution in [0.25, 0.3) is 16.9 Å². The van der Waals surface area contributed by atoms with Gasteiger partial charge in [0, 0.05) is 37.6 Å². The van der Waals surface area contributed by atoms with Crippen LogP contribution in [0, 0.1) is 0 Å². The third kappa shape index (κ3) is 3.27. The molecule has 0 aliphatic heterocycles. The molecule has 0 atom stereocenters. The molecule has 0 saturated heterocycles. The second kappa shape index (κ2) is 6.95. The van der Waals surface area contributed by atoms with Gasteiger partial charge in [-0.2, -0.15) is 0 Å². The summed E-state index contributed by atoms with van der Waals surface area (Å²) in [5.41, 5.74) is 3.45. The van der Waals surface area contributed by atoms with Crippen LogP contribution in [0.3, 0.4) is 0 Å². The molecule has 1 N–H and O–H groups in total. The summed E-state index contributed by atoms with van der Waals surface area (Å²) >= 11 is 0. The maximum absolute atomic E-state index is 11.7. The fourth-order valence-electron chi connectivity index (χ4n) is 2.90. The van der Waals surface area contributed by atoms with Crippen molar-refractivity contribution in [2.24, 2.45) is 0 Å². The molecule has 0 unspecified atom stereocenters. The maximum Gasteiger partial charge on any atom is 0.223 e. The van der Waals surface area contributed by atoms with Gasteiger partial charge in [0.15, 0.2) is 11.5 Å². The summed E-state index contributed by atoms with van der Waals surface area (Å²) < 4.78 is 7.32. The molecule has 4 rings (SSSR count). The van der Waals surface area contributed by atoms with E-state index in [-0.39, 0.29) is 5.91 Å². The van der Waals surface area contributed by atoms with E-state index in [1.807, 2.05) is 53.2 Å². The Kier molecular flexibility index (Phi) is 4.33. The monoisotopic (exact) mass is 361 g/mol. The number of anilines is 2. The largest absolute Gasteiger partial charge is 0.467 e. The molecule has 4 aromatic rings. The first kappa shape index (κ1) is 16.8. The molecule has 27 heavy (non-hydrogen) atoms. The fourth-order valence-corrected chi connectivity index (χ4v) is 2.90. The number of rotatable bonds is 5. The Morgan fingerprint density at radius 1 is 1.26 bits per heavy atom. The number of furan rings is 1. The predicted octanol–water partition coefficient (Wildman–Crippen LogP) is 3.58. The van der Waals surface area contributed by atoms with Gasteiger partial charge in [0.2, 0.25) is 5.91 Å². The van der Waals surface area contributed by atoms with Gasteiger partial charge >= 0.3 is 0 Å². The predicted molar refractivity (Wildman–Crippen MR) is 104 cm³/mol. The minimum atomic E-state index is -0.0149. The van der Waals surface area contributed by atoms with Crippen LogP contribution in [0.2, 0.25) is 0 Å². The number of imidazole rings is 1. The van der Waals surface area contributed by atoms with Gasteiger partial charge in [-0.05, 0) is 24.3 Å². The molecule has 0 bridgehead atoms. The van der Waals surface area contributed by atoms with Gasteiger partial charge in [-0.1, -0.05) is 12.1 Å². The van der Waals surface area contributed by atoms with E-state index < -0.39 is 0 Å². The van der Waals surface area contributed by atoms with Crippen LogP contribution in [-0.4, -0.2) is 27.3 Å². The first-order chi connectivity index (χ1) is 13.1. The number of hydrogen-bond acceptors (Lipinski definition) is 5. The van der Waals surface area contributed by atoms with E-state index in [2.05, 4.69) is 15.3 Å². The number of aromatic nitrogens is 3. The molecule has 0 saturated carbocycles. The van der Waals surface area contributed by atoms with E-state index in [0.717, 1.165) is 28.4 Å². The van der Waals surface area contributed by atoms with Crippen molar-refractivity contribution in [3.63, 3.8) is 0 Å². The number of amides is 1. The van der Waals surface area contributed by atoms with Crippen molar-refractivity contribution in [3.8, 4) is 11.3 Å². The van der Waals surface area contributed by atoms with Crippen LogP contribution in [0.4, 0.5) is 11.5 Å². The van der Waals surface area contributed by atoms with Gasteiger partial charge in [-0.25, -0.2) is 9.97 Å². The van der Waals surface area contributed by atoms with Crippen molar-refractivity contribution in [2.45, 2.75) is 13.5 Å². The lowest BCUT2D eigenvalue weighted by Crippen LogP contribution is -2.22. The highest BCUT2D eigenvalue weighted by Crippen LogP contribution is 2.27. The van der Waals surface area contributed by atoms with Crippen molar-refractivity contribution in [1.29, 1.82) is 0 Å². The van der Waals surface area contributed by atoms with Gasteiger partial charge < -0.3 is 14.6 Å². The van der Waals surface area contributed by atoms with Gasteiger partial charge in [-0.3, -0.25) is 9.20 Å². The average molecular weight is 361 g/mol. The Bertz CT molecular complexity index is 1080. The number of nitrogens with zero attached hydrogens (tertiary/aromatic N) is 4. The number of fused-ring (bicyclic) bond motifs is 1. The lowest BCUT2D eigenvalue weighted by atomic mass is 10.1. The van der Waals surface area contributed by atoms with Crippen molar-refractivity contribution in [2.75, 3.05) is 17.3 Å². The van der Waals surface area contributed by atoms with Gasteiger partial charge in [0.05, 0.1) is 24.7 Å². The van der Waals surface area contributed by atoms with E-state index in [1.54, 1.807) is 31.3 Å². The molecule has 7 nitrogen and oxygen atoms in total. The summed E-state index contributed by atoms with van der Waals surface area (Å²) in [6.45, 7) is 2.07. The molecule has 3 heterocycles. The lowest BCUT2D eigenvalue weighted by molar-refractivity contribution is -0.116. The summed E-state index contributed by atoms with van der Waals surface area (Å²) in [5, 5.41) is 3.26. The Balaban J connectivity index is 1.68.